The highest BCUT2D eigenvalue weighted by molar-refractivity contribution is 7.13. The first-order chi connectivity index (χ1) is 7.20. The summed E-state index contributed by atoms with van der Waals surface area (Å²) in [6, 6.07) is 0. The molecule has 1 fully saturated rings. The zero-order valence-corrected chi connectivity index (χ0v) is 9.59. The fourth-order valence-electron chi connectivity index (χ4n) is 1.90. The van der Waals surface area contributed by atoms with E-state index in [9.17, 15) is 4.79 Å². The van der Waals surface area contributed by atoms with Gasteiger partial charge in [0.2, 0.25) is 0 Å². The third kappa shape index (κ3) is 2.12. The first-order valence-electron chi connectivity index (χ1n) is 5.21. The number of carbonyl (C=O) groups is 1. The topological polar surface area (TPSA) is 59.2 Å². The molecule has 0 saturated carbocycles. The molecule has 0 aliphatic carbocycles. The lowest BCUT2D eigenvalue weighted by Crippen LogP contribution is -2.28. The normalized spacial score (nSPS) is 20.9. The number of aromatic nitrogens is 1. The molecule has 0 radical (unpaired) electrons. The van der Waals surface area contributed by atoms with Gasteiger partial charge in [-0.25, -0.2) is 4.98 Å². The van der Waals surface area contributed by atoms with Crippen LogP contribution >= 0.6 is 11.3 Å². The number of nitrogens with two attached hydrogens (primary N) is 1. The number of anilines is 1. The summed E-state index contributed by atoms with van der Waals surface area (Å²) in [7, 11) is 0. The average molecular weight is 225 g/mol. The van der Waals surface area contributed by atoms with Crippen molar-refractivity contribution in [1.29, 1.82) is 0 Å². The van der Waals surface area contributed by atoms with Crippen LogP contribution in [-0.2, 0) is 0 Å². The van der Waals surface area contributed by atoms with Crippen molar-refractivity contribution in [2.45, 2.75) is 19.8 Å². The number of carbonyl (C=O) groups excluding carboxylic acids is 1. The van der Waals surface area contributed by atoms with Gasteiger partial charge >= 0.3 is 0 Å². The number of hydrogen-bond donors (Lipinski definition) is 1. The van der Waals surface area contributed by atoms with Gasteiger partial charge in [-0.1, -0.05) is 13.3 Å². The van der Waals surface area contributed by atoms with Crippen LogP contribution in [0, 0.1) is 5.92 Å². The summed E-state index contributed by atoms with van der Waals surface area (Å²) >= 11 is 1.32. The van der Waals surface area contributed by atoms with Crippen molar-refractivity contribution in [2.24, 2.45) is 5.92 Å². The molecule has 5 heteroatoms. The third-order valence-corrected chi connectivity index (χ3v) is 3.57. The van der Waals surface area contributed by atoms with Crippen LogP contribution in [0.1, 0.15) is 30.3 Å². The Hall–Kier alpha value is -1.10. The largest absolute Gasteiger partial charge is 0.375 e. The van der Waals surface area contributed by atoms with Gasteiger partial charge < -0.3 is 10.6 Å². The number of rotatable bonds is 2. The minimum atomic E-state index is 0.0268. The summed E-state index contributed by atoms with van der Waals surface area (Å²) in [6.07, 6.45) is 2.25. The maximum absolute atomic E-state index is 11.9. The molecule has 0 bridgehead atoms. The molecule has 2 rings (SSSR count). The van der Waals surface area contributed by atoms with Crippen LogP contribution in [0.5, 0.6) is 0 Å². The Kier molecular flexibility index (Phi) is 2.90. The Morgan fingerprint density at radius 2 is 2.60 bits per heavy atom. The quantitative estimate of drug-likeness (QED) is 0.831. The Morgan fingerprint density at radius 3 is 3.13 bits per heavy atom. The Bertz CT molecular complexity index is 363. The molecule has 1 aromatic rings. The van der Waals surface area contributed by atoms with Crippen LogP contribution in [0.4, 0.5) is 5.13 Å². The summed E-state index contributed by atoms with van der Waals surface area (Å²) in [5, 5.41) is 2.20. The van der Waals surface area contributed by atoms with Crippen molar-refractivity contribution in [3.8, 4) is 0 Å². The molecule has 1 aliphatic heterocycles. The lowest BCUT2D eigenvalue weighted by molar-refractivity contribution is 0.0782. The van der Waals surface area contributed by atoms with E-state index in [0.717, 1.165) is 25.9 Å². The van der Waals surface area contributed by atoms with E-state index in [0.29, 0.717) is 16.7 Å². The Labute approximate surface area is 93.1 Å². The molecular weight excluding hydrogens is 210 g/mol. The number of nitrogen functional groups attached to an aromatic ring is 1. The van der Waals surface area contributed by atoms with Crippen molar-refractivity contribution in [1.82, 2.24) is 9.88 Å². The fraction of sp³-hybridized carbons (Fsp3) is 0.600. The van der Waals surface area contributed by atoms with Crippen molar-refractivity contribution >= 4 is 22.4 Å². The van der Waals surface area contributed by atoms with E-state index in [-0.39, 0.29) is 5.91 Å². The van der Waals surface area contributed by atoms with Gasteiger partial charge in [-0.15, -0.1) is 11.3 Å². The predicted molar refractivity (Wildman–Crippen MR) is 60.8 cm³/mol. The SMILES string of the molecule is CCC1CCN(C(=O)c2csc(N)n2)C1. The second-order valence-electron chi connectivity index (χ2n) is 3.89. The molecule has 1 saturated heterocycles. The summed E-state index contributed by atoms with van der Waals surface area (Å²) in [4.78, 5) is 17.8. The smallest absolute Gasteiger partial charge is 0.273 e. The lowest BCUT2D eigenvalue weighted by atomic mass is 10.1. The number of likely N-dealkylation sites (tertiary alicyclic amines) is 1. The average Bonchev–Trinajstić information content (AvgIpc) is 2.84. The van der Waals surface area contributed by atoms with Crippen molar-refractivity contribution < 1.29 is 4.79 Å². The molecule has 0 aromatic carbocycles. The summed E-state index contributed by atoms with van der Waals surface area (Å²) in [5.74, 6) is 0.684. The number of thiazole rings is 1. The fourth-order valence-corrected chi connectivity index (χ4v) is 2.44. The zero-order valence-electron chi connectivity index (χ0n) is 8.77. The van der Waals surface area contributed by atoms with Gasteiger partial charge in [-0.05, 0) is 12.3 Å². The maximum Gasteiger partial charge on any atom is 0.273 e. The Balaban J connectivity index is 2.03. The van der Waals surface area contributed by atoms with Gasteiger partial charge in [-0.3, -0.25) is 4.79 Å². The molecular formula is C10H15N3OS. The minimum Gasteiger partial charge on any atom is -0.375 e. The maximum atomic E-state index is 11.9. The number of nitrogens with zero attached hydrogens (tertiary/aromatic N) is 2. The Morgan fingerprint density at radius 1 is 1.80 bits per heavy atom. The summed E-state index contributed by atoms with van der Waals surface area (Å²) in [6.45, 7) is 3.89. The molecule has 2 heterocycles. The highest BCUT2D eigenvalue weighted by Crippen LogP contribution is 2.21. The molecule has 1 amide bonds. The van der Waals surface area contributed by atoms with E-state index in [4.69, 9.17) is 5.73 Å². The van der Waals surface area contributed by atoms with Gasteiger partial charge in [-0.2, -0.15) is 0 Å². The highest BCUT2D eigenvalue weighted by Gasteiger charge is 2.26. The standard InChI is InChI=1S/C10H15N3OS/c1-2-7-3-4-13(5-7)9(14)8-6-15-10(11)12-8/h6-7H,2-5H2,1H3,(H2,11,12). The van der Waals surface area contributed by atoms with Gasteiger partial charge in [0, 0.05) is 18.5 Å². The van der Waals surface area contributed by atoms with Crippen molar-refractivity contribution in [3.63, 3.8) is 0 Å². The van der Waals surface area contributed by atoms with E-state index in [1.54, 1.807) is 5.38 Å². The summed E-state index contributed by atoms with van der Waals surface area (Å²) < 4.78 is 0. The molecule has 15 heavy (non-hydrogen) atoms. The molecule has 1 atom stereocenters. The zero-order chi connectivity index (χ0) is 10.8. The van der Waals surface area contributed by atoms with Crippen LogP contribution in [-0.4, -0.2) is 28.9 Å². The first kappa shape index (κ1) is 10.4. The lowest BCUT2D eigenvalue weighted by Gasteiger charge is -2.14. The molecule has 4 nitrogen and oxygen atoms in total. The highest BCUT2D eigenvalue weighted by atomic mass is 32.1. The summed E-state index contributed by atoms with van der Waals surface area (Å²) in [5.41, 5.74) is 6.00. The van der Waals surface area contributed by atoms with Crippen molar-refractivity contribution in [3.05, 3.63) is 11.1 Å². The van der Waals surface area contributed by atoms with Crippen LogP contribution in [0.15, 0.2) is 5.38 Å². The van der Waals surface area contributed by atoms with Crippen LogP contribution in [0.25, 0.3) is 0 Å². The number of amides is 1. The second kappa shape index (κ2) is 4.18. The monoisotopic (exact) mass is 225 g/mol. The molecule has 1 aliphatic rings. The van der Waals surface area contributed by atoms with Gasteiger partial charge in [0.15, 0.2) is 5.13 Å². The van der Waals surface area contributed by atoms with Crippen LogP contribution in [0.2, 0.25) is 0 Å². The van der Waals surface area contributed by atoms with E-state index in [2.05, 4.69) is 11.9 Å². The van der Waals surface area contributed by atoms with Crippen LogP contribution < -0.4 is 5.73 Å². The second-order valence-corrected chi connectivity index (χ2v) is 4.77. The third-order valence-electron chi connectivity index (χ3n) is 2.89. The van der Waals surface area contributed by atoms with Gasteiger partial charge in [0.1, 0.15) is 5.69 Å². The molecule has 1 unspecified atom stereocenters. The number of hydrogen-bond acceptors (Lipinski definition) is 4. The molecule has 82 valence electrons. The van der Waals surface area contributed by atoms with E-state index >= 15 is 0 Å². The molecule has 1 aromatic heterocycles. The predicted octanol–water partition coefficient (Wildman–Crippen LogP) is 1.60. The van der Waals surface area contributed by atoms with E-state index < -0.39 is 0 Å². The van der Waals surface area contributed by atoms with E-state index in [1.807, 2.05) is 4.90 Å². The van der Waals surface area contributed by atoms with Gasteiger partial charge in [0.05, 0.1) is 0 Å². The first-order valence-corrected chi connectivity index (χ1v) is 6.09. The van der Waals surface area contributed by atoms with Crippen LogP contribution in [0.3, 0.4) is 0 Å². The van der Waals surface area contributed by atoms with E-state index in [1.165, 1.54) is 11.3 Å². The van der Waals surface area contributed by atoms with Gasteiger partial charge in [0.25, 0.3) is 5.91 Å². The molecule has 2 N–H and O–H groups in total. The van der Waals surface area contributed by atoms with Crippen molar-refractivity contribution in [2.75, 3.05) is 18.8 Å². The molecule has 0 spiro atoms. The minimum absolute atomic E-state index is 0.0268.